The van der Waals surface area contributed by atoms with Crippen molar-refractivity contribution in [3.8, 4) is 0 Å². The third-order valence-corrected chi connectivity index (χ3v) is 5.26. The Bertz CT molecular complexity index is 762. The normalized spacial score (nSPS) is 15.8. The highest BCUT2D eigenvalue weighted by Crippen LogP contribution is 2.08. The number of rotatable bonds is 7. The first kappa shape index (κ1) is 20.3. The number of piperazine rings is 1. The summed E-state index contributed by atoms with van der Waals surface area (Å²) in [5.41, 5.74) is 3.66. The minimum Gasteiger partial charge on any atom is -0.340 e. The van der Waals surface area contributed by atoms with Crippen molar-refractivity contribution in [1.29, 1.82) is 0 Å². The number of carbonyl (C=O) groups excluding carboxylic acids is 1. The van der Waals surface area contributed by atoms with E-state index in [1.807, 2.05) is 18.0 Å². The van der Waals surface area contributed by atoms with Gasteiger partial charge in [0, 0.05) is 46.3 Å². The van der Waals surface area contributed by atoms with Gasteiger partial charge in [-0.3, -0.25) is 14.6 Å². The van der Waals surface area contributed by atoms with E-state index < -0.39 is 0 Å². The van der Waals surface area contributed by atoms with Crippen LogP contribution in [0.2, 0.25) is 0 Å². The summed E-state index contributed by atoms with van der Waals surface area (Å²) < 4.78 is 0. The summed E-state index contributed by atoms with van der Waals surface area (Å²) in [5, 5.41) is 0. The maximum Gasteiger partial charge on any atom is 0.236 e. The van der Waals surface area contributed by atoms with Crippen LogP contribution in [0.3, 0.4) is 0 Å². The molecule has 4 heteroatoms. The molecule has 28 heavy (non-hydrogen) atoms. The number of carbonyl (C=O) groups is 1. The third-order valence-electron chi connectivity index (χ3n) is 5.26. The first-order valence-corrected chi connectivity index (χ1v) is 10.1. The monoisotopic (exact) mass is 377 g/mol. The van der Waals surface area contributed by atoms with Gasteiger partial charge in [0.15, 0.2) is 0 Å². The van der Waals surface area contributed by atoms with E-state index in [-0.39, 0.29) is 5.91 Å². The molecule has 1 amide bonds. The van der Waals surface area contributed by atoms with E-state index in [9.17, 15) is 4.79 Å². The van der Waals surface area contributed by atoms with Gasteiger partial charge in [-0.25, -0.2) is 0 Å². The molecule has 2 aromatic carbocycles. The molecule has 0 atom stereocenters. The van der Waals surface area contributed by atoms with E-state index >= 15 is 0 Å². The van der Waals surface area contributed by atoms with Gasteiger partial charge in [-0.2, -0.15) is 0 Å². The quantitative estimate of drug-likeness (QED) is 0.741. The van der Waals surface area contributed by atoms with Crippen molar-refractivity contribution < 1.29 is 4.79 Å². The van der Waals surface area contributed by atoms with Crippen LogP contribution in [-0.4, -0.2) is 66.9 Å². The van der Waals surface area contributed by atoms with Gasteiger partial charge in [0.2, 0.25) is 5.91 Å². The summed E-state index contributed by atoms with van der Waals surface area (Å²) in [6.45, 7) is 8.13. The van der Waals surface area contributed by atoms with Gasteiger partial charge >= 0.3 is 0 Å². The predicted octanol–water partition coefficient (Wildman–Crippen LogP) is 3.28. The lowest BCUT2D eigenvalue weighted by Gasteiger charge is -2.34. The molecule has 1 aliphatic heterocycles. The molecule has 148 valence electrons. The summed E-state index contributed by atoms with van der Waals surface area (Å²) in [6, 6.07) is 18.8. The third kappa shape index (κ3) is 6.32. The van der Waals surface area contributed by atoms with Crippen molar-refractivity contribution in [2.45, 2.75) is 13.5 Å². The minimum atomic E-state index is 0.193. The molecular formula is C24H31N3O. The molecule has 0 N–H and O–H groups in total. The van der Waals surface area contributed by atoms with Crippen LogP contribution >= 0.6 is 0 Å². The Hall–Kier alpha value is -2.43. The molecule has 1 fully saturated rings. The maximum atomic E-state index is 12.6. The first-order valence-electron chi connectivity index (χ1n) is 10.1. The van der Waals surface area contributed by atoms with Crippen LogP contribution in [0.15, 0.2) is 60.7 Å². The van der Waals surface area contributed by atoms with Crippen LogP contribution in [0, 0.1) is 6.92 Å². The molecule has 0 radical (unpaired) electrons. The van der Waals surface area contributed by atoms with E-state index in [1.54, 1.807) is 0 Å². The number of amides is 1. The highest BCUT2D eigenvalue weighted by molar-refractivity contribution is 5.78. The molecule has 2 aromatic rings. The molecule has 1 aliphatic rings. The Morgan fingerprint density at radius 3 is 2.29 bits per heavy atom. The van der Waals surface area contributed by atoms with Crippen LogP contribution in [0.4, 0.5) is 0 Å². The number of hydrogen-bond donors (Lipinski definition) is 0. The number of benzene rings is 2. The van der Waals surface area contributed by atoms with Gasteiger partial charge < -0.3 is 4.90 Å². The molecule has 0 aromatic heterocycles. The van der Waals surface area contributed by atoms with Crippen LogP contribution in [0.1, 0.15) is 16.7 Å². The van der Waals surface area contributed by atoms with Crippen LogP contribution in [-0.2, 0) is 11.3 Å². The Morgan fingerprint density at radius 2 is 1.61 bits per heavy atom. The minimum absolute atomic E-state index is 0.193. The zero-order valence-electron chi connectivity index (χ0n) is 17.1. The fourth-order valence-electron chi connectivity index (χ4n) is 3.40. The second kappa shape index (κ2) is 10.2. The molecule has 1 saturated heterocycles. The molecule has 4 nitrogen and oxygen atoms in total. The van der Waals surface area contributed by atoms with Gasteiger partial charge in [-0.1, -0.05) is 72.3 Å². The molecular weight excluding hydrogens is 346 g/mol. The van der Waals surface area contributed by atoms with Crippen molar-refractivity contribution in [2.24, 2.45) is 0 Å². The topological polar surface area (TPSA) is 26.8 Å². The molecule has 0 aliphatic carbocycles. The average Bonchev–Trinajstić information content (AvgIpc) is 2.72. The lowest BCUT2D eigenvalue weighted by atomic mass is 10.1. The standard InChI is InChI=1S/C24H31N3O/c1-21-10-12-23(13-11-21)19-25(2)24(28)20-27-17-15-26(16-18-27)14-6-9-22-7-4-3-5-8-22/h3-13H,14-20H2,1-2H3/b9-6+. The van der Waals surface area contributed by atoms with Crippen LogP contribution in [0.25, 0.3) is 6.08 Å². The summed E-state index contributed by atoms with van der Waals surface area (Å²) in [4.78, 5) is 19.1. The summed E-state index contributed by atoms with van der Waals surface area (Å²) in [6.07, 6.45) is 4.40. The average molecular weight is 378 g/mol. The van der Waals surface area contributed by atoms with E-state index in [0.29, 0.717) is 13.1 Å². The largest absolute Gasteiger partial charge is 0.340 e. The zero-order chi connectivity index (χ0) is 19.8. The van der Waals surface area contributed by atoms with Crippen molar-refractivity contribution in [2.75, 3.05) is 46.3 Å². The van der Waals surface area contributed by atoms with Gasteiger partial charge in [-0.15, -0.1) is 0 Å². The van der Waals surface area contributed by atoms with Crippen LogP contribution < -0.4 is 0 Å². The Labute approximate surface area is 169 Å². The first-order chi connectivity index (χ1) is 13.6. The predicted molar refractivity (Wildman–Crippen MR) is 116 cm³/mol. The summed E-state index contributed by atoms with van der Waals surface area (Å²) in [7, 11) is 1.90. The zero-order valence-corrected chi connectivity index (χ0v) is 17.1. The highest BCUT2D eigenvalue weighted by Gasteiger charge is 2.19. The number of likely N-dealkylation sites (N-methyl/N-ethyl adjacent to an activating group) is 1. The van der Waals surface area contributed by atoms with Crippen LogP contribution in [0.5, 0.6) is 0 Å². The number of nitrogens with zero attached hydrogens (tertiary/aromatic N) is 3. The SMILES string of the molecule is Cc1ccc(CN(C)C(=O)CN2CCN(C/C=C/c3ccccc3)CC2)cc1. The molecule has 0 spiro atoms. The molecule has 0 unspecified atom stereocenters. The number of hydrogen-bond acceptors (Lipinski definition) is 3. The number of aryl methyl sites for hydroxylation is 1. The van der Waals surface area contributed by atoms with Crippen molar-refractivity contribution in [1.82, 2.24) is 14.7 Å². The Balaban J connectivity index is 1.38. The van der Waals surface area contributed by atoms with Gasteiger partial charge in [-0.05, 0) is 18.1 Å². The van der Waals surface area contributed by atoms with Crippen molar-refractivity contribution in [3.63, 3.8) is 0 Å². The fraction of sp³-hybridized carbons (Fsp3) is 0.375. The fourth-order valence-corrected chi connectivity index (χ4v) is 3.40. The van der Waals surface area contributed by atoms with Crippen molar-refractivity contribution in [3.05, 3.63) is 77.4 Å². The van der Waals surface area contributed by atoms with E-state index in [2.05, 4.69) is 77.4 Å². The summed E-state index contributed by atoms with van der Waals surface area (Å²) in [5.74, 6) is 0.193. The van der Waals surface area contributed by atoms with E-state index in [0.717, 1.165) is 32.7 Å². The van der Waals surface area contributed by atoms with Gasteiger partial charge in [0.1, 0.15) is 0 Å². The van der Waals surface area contributed by atoms with E-state index in [1.165, 1.54) is 16.7 Å². The molecule has 0 bridgehead atoms. The van der Waals surface area contributed by atoms with Crippen molar-refractivity contribution >= 4 is 12.0 Å². The smallest absolute Gasteiger partial charge is 0.236 e. The molecule has 1 heterocycles. The second-order valence-electron chi connectivity index (χ2n) is 7.63. The highest BCUT2D eigenvalue weighted by atomic mass is 16.2. The van der Waals surface area contributed by atoms with E-state index in [4.69, 9.17) is 0 Å². The Morgan fingerprint density at radius 1 is 0.964 bits per heavy atom. The van der Waals surface area contributed by atoms with Gasteiger partial charge in [0.05, 0.1) is 6.54 Å². The summed E-state index contributed by atoms with van der Waals surface area (Å²) >= 11 is 0. The lowest BCUT2D eigenvalue weighted by Crippen LogP contribution is -2.49. The van der Waals surface area contributed by atoms with Gasteiger partial charge in [0.25, 0.3) is 0 Å². The second-order valence-corrected chi connectivity index (χ2v) is 7.63. The Kier molecular flexibility index (Phi) is 7.40. The molecule has 3 rings (SSSR count). The lowest BCUT2D eigenvalue weighted by molar-refractivity contribution is -0.132. The maximum absolute atomic E-state index is 12.6. The molecule has 0 saturated carbocycles.